The average molecular weight is 473 g/mol. The lowest BCUT2D eigenvalue weighted by Gasteiger charge is -2.13. The van der Waals surface area contributed by atoms with E-state index in [4.69, 9.17) is 19.6 Å². The zero-order valence-corrected chi connectivity index (χ0v) is 21.0. The third-order valence-electron chi connectivity index (χ3n) is 6.38. The van der Waals surface area contributed by atoms with E-state index in [-0.39, 0.29) is 5.91 Å². The maximum Gasteiger partial charge on any atom is 0.220 e. The molecule has 7 heteroatoms. The summed E-state index contributed by atoms with van der Waals surface area (Å²) >= 11 is 0. The van der Waals surface area contributed by atoms with Gasteiger partial charge in [-0.05, 0) is 56.4 Å². The van der Waals surface area contributed by atoms with Gasteiger partial charge in [0.1, 0.15) is 11.5 Å². The van der Waals surface area contributed by atoms with Gasteiger partial charge in [-0.3, -0.25) is 4.79 Å². The van der Waals surface area contributed by atoms with E-state index in [1.54, 1.807) is 14.2 Å². The molecule has 0 unspecified atom stereocenters. The van der Waals surface area contributed by atoms with Gasteiger partial charge in [0.25, 0.3) is 0 Å². The highest BCUT2D eigenvalue weighted by Crippen LogP contribution is 2.29. The highest BCUT2D eigenvalue weighted by Gasteiger charge is 2.18. The summed E-state index contributed by atoms with van der Waals surface area (Å²) in [4.78, 5) is 17.5. The number of hydrogen-bond donors (Lipinski definition) is 1. The van der Waals surface area contributed by atoms with Crippen LogP contribution < -0.4 is 14.8 Å². The minimum Gasteiger partial charge on any atom is -0.497 e. The largest absolute Gasteiger partial charge is 0.497 e. The maximum absolute atomic E-state index is 12.6. The lowest BCUT2D eigenvalue weighted by atomic mass is 10.0. The second-order valence-corrected chi connectivity index (χ2v) is 8.60. The fourth-order valence-electron chi connectivity index (χ4n) is 4.49. The maximum atomic E-state index is 12.6. The Kier molecular flexibility index (Phi) is 7.34. The van der Waals surface area contributed by atoms with Gasteiger partial charge in [0.2, 0.25) is 5.91 Å². The van der Waals surface area contributed by atoms with Gasteiger partial charge >= 0.3 is 0 Å². The SMILES string of the molecule is COc1ccc(CCNC(=O)CCc2c(C)nc3c(-c4ccccc4)c(C)nn3c2C)c(OC)c1. The van der Waals surface area contributed by atoms with Crippen molar-refractivity contribution >= 4 is 11.6 Å². The first-order chi connectivity index (χ1) is 16.9. The Morgan fingerprint density at radius 2 is 1.74 bits per heavy atom. The summed E-state index contributed by atoms with van der Waals surface area (Å²) in [6.45, 7) is 6.60. The normalized spacial score (nSPS) is 11.0. The number of aromatic nitrogens is 3. The first-order valence-corrected chi connectivity index (χ1v) is 11.8. The van der Waals surface area contributed by atoms with E-state index in [9.17, 15) is 4.79 Å². The molecule has 1 amide bonds. The zero-order valence-electron chi connectivity index (χ0n) is 21.0. The fraction of sp³-hybridized carbons (Fsp3) is 0.321. The summed E-state index contributed by atoms with van der Waals surface area (Å²) in [5.41, 5.74) is 7.99. The van der Waals surface area contributed by atoms with Crippen LogP contribution in [0.2, 0.25) is 0 Å². The van der Waals surface area contributed by atoms with Gasteiger partial charge in [0.05, 0.1) is 19.9 Å². The number of hydrogen-bond acceptors (Lipinski definition) is 5. The van der Waals surface area contributed by atoms with Crippen LogP contribution in [0.25, 0.3) is 16.8 Å². The van der Waals surface area contributed by atoms with Crippen LogP contribution in [0.1, 0.15) is 34.6 Å². The van der Waals surface area contributed by atoms with Gasteiger partial charge in [0, 0.05) is 36.0 Å². The number of carbonyl (C=O) groups is 1. The van der Waals surface area contributed by atoms with Crippen LogP contribution in [-0.4, -0.2) is 41.3 Å². The van der Waals surface area contributed by atoms with Gasteiger partial charge in [-0.2, -0.15) is 5.10 Å². The number of benzene rings is 2. The Morgan fingerprint density at radius 3 is 2.46 bits per heavy atom. The Bertz CT molecular complexity index is 1350. The Morgan fingerprint density at radius 1 is 0.971 bits per heavy atom. The van der Waals surface area contributed by atoms with Crippen LogP contribution >= 0.6 is 0 Å². The van der Waals surface area contributed by atoms with E-state index in [0.29, 0.717) is 25.8 Å². The quantitative estimate of drug-likeness (QED) is 0.384. The second-order valence-electron chi connectivity index (χ2n) is 8.60. The molecule has 0 saturated carbocycles. The molecule has 0 atom stereocenters. The van der Waals surface area contributed by atoms with E-state index in [2.05, 4.69) is 17.4 Å². The summed E-state index contributed by atoms with van der Waals surface area (Å²) in [6.07, 6.45) is 1.68. The van der Waals surface area contributed by atoms with Crippen molar-refractivity contribution < 1.29 is 14.3 Å². The fourth-order valence-corrected chi connectivity index (χ4v) is 4.49. The summed E-state index contributed by atoms with van der Waals surface area (Å²) in [5, 5.41) is 7.79. The minimum atomic E-state index is 0.0120. The molecule has 0 aliphatic heterocycles. The van der Waals surface area contributed by atoms with E-state index in [1.165, 1.54) is 0 Å². The molecule has 7 nitrogen and oxygen atoms in total. The van der Waals surface area contributed by atoms with Gasteiger partial charge in [-0.1, -0.05) is 36.4 Å². The first-order valence-electron chi connectivity index (χ1n) is 11.8. The van der Waals surface area contributed by atoms with Crippen LogP contribution in [0, 0.1) is 20.8 Å². The number of ether oxygens (including phenoxy) is 2. The van der Waals surface area contributed by atoms with Crippen LogP contribution in [0.3, 0.4) is 0 Å². The number of fused-ring (bicyclic) bond motifs is 1. The van der Waals surface area contributed by atoms with Gasteiger partial charge in [-0.25, -0.2) is 9.50 Å². The van der Waals surface area contributed by atoms with Crippen LogP contribution in [0.5, 0.6) is 11.5 Å². The predicted octanol–water partition coefficient (Wildman–Crippen LogP) is 4.63. The molecule has 2 heterocycles. The number of aryl methyl sites for hydroxylation is 3. The number of carbonyl (C=O) groups excluding carboxylic acids is 1. The molecular weight excluding hydrogens is 440 g/mol. The van der Waals surface area contributed by atoms with Gasteiger partial charge in [0.15, 0.2) is 5.65 Å². The van der Waals surface area contributed by atoms with Crippen molar-refractivity contribution in [2.45, 2.75) is 40.0 Å². The number of rotatable bonds is 9. The zero-order chi connectivity index (χ0) is 24.9. The van der Waals surface area contributed by atoms with Crippen LogP contribution in [0.15, 0.2) is 48.5 Å². The molecule has 0 aliphatic rings. The highest BCUT2D eigenvalue weighted by molar-refractivity contribution is 5.80. The predicted molar refractivity (Wildman–Crippen MR) is 137 cm³/mol. The monoisotopic (exact) mass is 472 g/mol. The standard InChI is InChI=1S/C28H32N4O3/c1-18-24(13-14-26(33)29-16-15-21-11-12-23(34-4)17-25(21)35-5)20(3)32-28(30-18)27(19(2)31-32)22-9-7-6-8-10-22/h6-12,17H,13-16H2,1-5H3,(H,29,33). The molecule has 0 aliphatic carbocycles. The minimum absolute atomic E-state index is 0.0120. The van der Waals surface area contributed by atoms with Crippen molar-refractivity contribution in [3.05, 3.63) is 76.7 Å². The molecule has 0 bridgehead atoms. The summed E-state index contributed by atoms with van der Waals surface area (Å²) in [6, 6.07) is 15.9. The second kappa shape index (κ2) is 10.6. The molecule has 4 rings (SSSR count). The molecule has 35 heavy (non-hydrogen) atoms. The first kappa shape index (κ1) is 24.3. The van der Waals surface area contributed by atoms with Crippen molar-refractivity contribution in [2.75, 3.05) is 20.8 Å². The molecule has 0 spiro atoms. The number of methoxy groups -OCH3 is 2. The molecule has 4 aromatic rings. The molecule has 1 N–H and O–H groups in total. The van der Waals surface area contributed by atoms with Gasteiger partial charge < -0.3 is 14.8 Å². The lowest BCUT2D eigenvalue weighted by Crippen LogP contribution is -2.26. The molecule has 182 valence electrons. The smallest absolute Gasteiger partial charge is 0.220 e. The lowest BCUT2D eigenvalue weighted by molar-refractivity contribution is -0.121. The molecule has 2 aromatic heterocycles. The molecule has 0 saturated heterocycles. The molecule has 0 radical (unpaired) electrons. The molecule has 2 aromatic carbocycles. The van der Waals surface area contributed by atoms with E-state index >= 15 is 0 Å². The van der Waals surface area contributed by atoms with E-state index in [1.807, 2.05) is 61.7 Å². The van der Waals surface area contributed by atoms with Crippen LogP contribution in [0.4, 0.5) is 0 Å². The highest BCUT2D eigenvalue weighted by atomic mass is 16.5. The third-order valence-corrected chi connectivity index (χ3v) is 6.38. The molecule has 0 fully saturated rings. The molecular formula is C28H32N4O3. The third kappa shape index (κ3) is 5.14. The van der Waals surface area contributed by atoms with Crippen molar-refractivity contribution in [3.8, 4) is 22.6 Å². The van der Waals surface area contributed by atoms with Crippen molar-refractivity contribution in [1.29, 1.82) is 0 Å². The Balaban J connectivity index is 1.42. The van der Waals surface area contributed by atoms with Crippen molar-refractivity contribution in [3.63, 3.8) is 0 Å². The van der Waals surface area contributed by atoms with Crippen LogP contribution in [-0.2, 0) is 17.6 Å². The number of nitrogens with zero attached hydrogens (tertiary/aromatic N) is 3. The van der Waals surface area contributed by atoms with E-state index < -0.39 is 0 Å². The number of amides is 1. The summed E-state index contributed by atoms with van der Waals surface area (Å²) in [7, 11) is 3.26. The van der Waals surface area contributed by atoms with Gasteiger partial charge in [-0.15, -0.1) is 0 Å². The number of nitrogens with one attached hydrogen (secondary N) is 1. The van der Waals surface area contributed by atoms with Crippen molar-refractivity contribution in [1.82, 2.24) is 19.9 Å². The Labute approximate surface area is 206 Å². The topological polar surface area (TPSA) is 77.8 Å². The van der Waals surface area contributed by atoms with E-state index in [0.717, 1.165) is 56.5 Å². The Hall–Kier alpha value is -3.87. The average Bonchev–Trinajstić information content (AvgIpc) is 3.20. The van der Waals surface area contributed by atoms with Crippen molar-refractivity contribution in [2.24, 2.45) is 0 Å². The summed E-state index contributed by atoms with van der Waals surface area (Å²) in [5.74, 6) is 1.51. The summed E-state index contributed by atoms with van der Waals surface area (Å²) < 4.78 is 12.6.